The molecular formula is C15H23ClN2O3. The van der Waals surface area contributed by atoms with Crippen molar-refractivity contribution in [2.45, 2.75) is 19.9 Å². The molecule has 21 heavy (non-hydrogen) atoms. The Kier molecular flexibility index (Phi) is 8.82. The first-order valence-electron chi connectivity index (χ1n) is 7.05. The van der Waals surface area contributed by atoms with Crippen LogP contribution in [0.2, 0.25) is 5.02 Å². The topological polar surface area (TPSA) is 59.6 Å². The van der Waals surface area contributed by atoms with Crippen LogP contribution in [0.25, 0.3) is 0 Å². The largest absolute Gasteiger partial charge is 0.482 e. The van der Waals surface area contributed by atoms with Gasteiger partial charge in [-0.25, -0.2) is 0 Å². The van der Waals surface area contributed by atoms with Crippen LogP contribution in [-0.2, 0) is 16.1 Å². The molecule has 2 N–H and O–H groups in total. The zero-order valence-corrected chi connectivity index (χ0v) is 13.3. The van der Waals surface area contributed by atoms with Gasteiger partial charge in [-0.05, 0) is 30.7 Å². The molecule has 118 valence electrons. The standard InChI is InChI=1S/C15H23ClN2O3/c1-3-17-10-12-5-6-14(13(16)9-12)21-11-15(19)18-7-4-8-20-2/h5-6,9,17H,3-4,7-8,10-11H2,1-2H3,(H,18,19). The lowest BCUT2D eigenvalue weighted by Crippen LogP contribution is -2.30. The molecule has 5 nitrogen and oxygen atoms in total. The molecule has 0 saturated heterocycles. The summed E-state index contributed by atoms with van der Waals surface area (Å²) >= 11 is 6.14. The Bertz CT molecular complexity index is 441. The van der Waals surface area contributed by atoms with E-state index in [1.165, 1.54) is 0 Å². The number of carbonyl (C=O) groups excluding carboxylic acids is 1. The minimum atomic E-state index is -0.168. The van der Waals surface area contributed by atoms with Crippen LogP contribution in [0.1, 0.15) is 18.9 Å². The number of ether oxygens (including phenoxy) is 2. The molecule has 0 bridgehead atoms. The smallest absolute Gasteiger partial charge is 0.257 e. The number of amides is 1. The van der Waals surface area contributed by atoms with Crippen LogP contribution < -0.4 is 15.4 Å². The highest BCUT2D eigenvalue weighted by Crippen LogP contribution is 2.25. The minimum absolute atomic E-state index is 0.0424. The van der Waals surface area contributed by atoms with Gasteiger partial charge in [0.25, 0.3) is 5.91 Å². The van der Waals surface area contributed by atoms with Gasteiger partial charge in [0.1, 0.15) is 5.75 Å². The van der Waals surface area contributed by atoms with E-state index in [0.29, 0.717) is 23.9 Å². The second kappa shape index (κ2) is 10.4. The molecule has 0 aromatic heterocycles. The second-order valence-electron chi connectivity index (χ2n) is 4.53. The summed E-state index contributed by atoms with van der Waals surface area (Å²) < 4.78 is 10.3. The number of rotatable bonds is 10. The minimum Gasteiger partial charge on any atom is -0.482 e. The molecule has 0 spiro atoms. The molecule has 1 rings (SSSR count). The highest BCUT2D eigenvalue weighted by Gasteiger charge is 2.06. The predicted molar refractivity (Wildman–Crippen MR) is 83.8 cm³/mol. The van der Waals surface area contributed by atoms with Gasteiger partial charge in [-0.2, -0.15) is 0 Å². The predicted octanol–water partition coefficient (Wildman–Crippen LogP) is 1.98. The van der Waals surface area contributed by atoms with Crippen molar-refractivity contribution in [3.05, 3.63) is 28.8 Å². The SMILES string of the molecule is CCNCc1ccc(OCC(=O)NCCCOC)c(Cl)c1. The van der Waals surface area contributed by atoms with Gasteiger partial charge < -0.3 is 20.1 Å². The molecule has 0 aliphatic carbocycles. The van der Waals surface area contributed by atoms with Gasteiger partial charge in [0.05, 0.1) is 5.02 Å². The first-order valence-corrected chi connectivity index (χ1v) is 7.42. The lowest BCUT2D eigenvalue weighted by molar-refractivity contribution is -0.123. The molecule has 0 unspecified atom stereocenters. The highest BCUT2D eigenvalue weighted by molar-refractivity contribution is 6.32. The summed E-state index contributed by atoms with van der Waals surface area (Å²) in [4.78, 5) is 11.6. The Labute approximate surface area is 131 Å². The summed E-state index contributed by atoms with van der Waals surface area (Å²) in [5, 5.41) is 6.48. The molecule has 0 aliphatic rings. The Morgan fingerprint density at radius 1 is 1.38 bits per heavy atom. The lowest BCUT2D eigenvalue weighted by atomic mass is 10.2. The molecule has 1 aromatic rings. The van der Waals surface area contributed by atoms with E-state index in [9.17, 15) is 4.79 Å². The number of carbonyl (C=O) groups is 1. The van der Waals surface area contributed by atoms with Crippen LogP contribution >= 0.6 is 11.6 Å². The summed E-state index contributed by atoms with van der Waals surface area (Å²) in [6.45, 7) is 4.87. The number of hydrogen-bond donors (Lipinski definition) is 2. The maximum absolute atomic E-state index is 11.6. The first kappa shape index (κ1) is 17.8. The van der Waals surface area contributed by atoms with Crippen LogP contribution in [0, 0.1) is 0 Å². The Morgan fingerprint density at radius 3 is 2.86 bits per heavy atom. The van der Waals surface area contributed by atoms with Crippen LogP contribution in [0.3, 0.4) is 0 Å². The van der Waals surface area contributed by atoms with Crippen molar-refractivity contribution in [2.24, 2.45) is 0 Å². The van der Waals surface area contributed by atoms with Crippen LogP contribution in [0.15, 0.2) is 18.2 Å². The molecule has 6 heteroatoms. The van der Waals surface area contributed by atoms with Crippen molar-refractivity contribution in [1.82, 2.24) is 10.6 Å². The van der Waals surface area contributed by atoms with E-state index < -0.39 is 0 Å². The second-order valence-corrected chi connectivity index (χ2v) is 4.94. The van der Waals surface area contributed by atoms with Crippen LogP contribution in [-0.4, -0.2) is 39.3 Å². The van der Waals surface area contributed by atoms with Crippen molar-refractivity contribution in [3.8, 4) is 5.75 Å². The van der Waals surface area contributed by atoms with Crippen LogP contribution in [0.5, 0.6) is 5.75 Å². The maximum Gasteiger partial charge on any atom is 0.257 e. The van der Waals surface area contributed by atoms with Gasteiger partial charge in [0.2, 0.25) is 0 Å². The first-order chi connectivity index (χ1) is 10.2. The summed E-state index contributed by atoms with van der Waals surface area (Å²) in [5.74, 6) is 0.350. The summed E-state index contributed by atoms with van der Waals surface area (Å²) in [7, 11) is 1.63. The summed E-state index contributed by atoms with van der Waals surface area (Å²) in [6.07, 6.45) is 0.780. The van der Waals surface area contributed by atoms with E-state index in [-0.39, 0.29) is 12.5 Å². The van der Waals surface area contributed by atoms with Gasteiger partial charge in [0, 0.05) is 26.8 Å². The third kappa shape index (κ3) is 7.32. The van der Waals surface area contributed by atoms with Gasteiger partial charge in [-0.1, -0.05) is 24.6 Å². The van der Waals surface area contributed by atoms with Gasteiger partial charge in [-0.15, -0.1) is 0 Å². The zero-order valence-electron chi connectivity index (χ0n) is 12.6. The normalized spacial score (nSPS) is 10.4. The van der Waals surface area contributed by atoms with Crippen molar-refractivity contribution < 1.29 is 14.3 Å². The zero-order chi connectivity index (χ0) is 15.5. The summed E-state index contributed by atoms with van der Waals surface area (Å²) in [5.41, 5.74) is 1.08. The molecular weight excluding hydrogens is 292 g/mol. The molecule has 0 fully saturated rings. The number of methoxy groups -OCH3 is 1. The lowest BCUT2D eigenvalue weighted by Gasteiger charge is -2.10. The number of hydrogen-bond acceptors (Lipinski definition) is 4. The molecule has 1 aromatic carbocycles. The van der Waals surface area contributed by atoms with E-state index in [1.54, 1.807) is 13.2 Å². The molecule has 0 heterocycles. The van der Waals surface area contributed by atoms with Gasteiger partial charge >= 0.3 is 0 Å². The van der Waals surface area contributed by atoms with E-state index in [4.69, 9.17) is 21.1 Å². The fraction of sp³-hybridized carbons (Fsp3) is 0.533. The molecule has 1 amide bonds. The van der Waals surface area contributed by atoms with E-state index >= 15 is 0 Å². The Balaban J connectivity index is 2.35. The third-order valence-electron chi connectivity index (χ3n) is 2.78. The van der Waals surface area contributed by atoms with Crippen molar-refractivity contribution in [3.63, 3.8) is 0 Å². The van der Waals surface area contributed by atoms with Crippen LogP contribution in [0.4, 0.5) is 0 Å². The molecule has 0 saturated carbocycles. The average molecular weight is 315 g/mol. The van der Waals surface area contributed by atoms with Gasteiger partial charge in [-0.3, -0.25) is 4.79 Å². The molecule has 0 atom stereocenters. The number of halogens is 1. The van der Waals surface area contributed by atoms with E-state index in [2.05, 4.69) is 10.6 Å². The Hall–Kier alpha value is -1.30. The van der Waals surface area contributed by atoms with Crippen molar-refractivity contribution in [2.75, 3.05) is 33.4 Å². The highest BCUT2D eigenvalue weighted by atomic mass is 35.5. The fourth-order valence-electron chi connectivity index (χ4n) is 1.68. The maximum atomic E-state index is 11.6. The van der Waals surface area contributed by atoms with Crippen molar-refractivity contribution >= 4 is 17.5 Å². The quantitative estimate of drug-likeness (QED) is 0.648. The fourth-order valence-corrected chi connectivity index (χ4v) is 1.94. The third-order valence-corrected chi connectivity index (χ3v) is 3.08. The average Bonchev–Trinajstić information content (AvgIpc) is 2.48. The monoisotopic (exact) mass is 314 g/mol. The summed E-state index contributed by atoms with van der Waals surface area (Å²) in [6, 6.07) is 5.56. The number of benzene rings is 1. The molecule has 0 radical (unpaired) electrons. The number of nitrogens with one attached hydrogen (secondary N) is 2. The van der Waals surface area contributed by atoms with Crippen molar-refractivity contribution in [1.29, 1.82) is 0 Å². The van der Waals surface area contributed by atoms with E-state index in [0.717, 1.165) is 25.1 Å². The molecule has 0 aliphatic heterocycles. The van der Waals surface area contributed by atoms with E-state index in [1.807, 2.05) is 19.1 Å². The van der Waals surface area contributed by atoms with Gasteiger partial charge in [0.15, 0.2) is 6.61 Å². The Morgan fingerprint density at radius 2 is 2.19 bits per heavy atom.